The van der Waals surface area contributed by atoms with E-state index in [-0.39, 0.29) is 22.3 Å². The molecule has 2 N–H and O–H groups in total. The van der Waals surface area contributed by atoms with Gasteiger partial charge in [-0.1, -0.05) is 0 Å². The highest BCUT2D eigenvalue weighted by Crippen LogP contribution is 2.30. The van der Waals surface area contributed by atoms with Crippen molar-refractivity contribution in [1.29, 1.82) is 5.26 Å². The fourth-order valence-electron chi connectivity index (χ4n) is 2.45. The molecular weight excluding hydrogens is 394 g/mol. The van der Waals surface area contributed by atoms with Crippen LogP contribution in [0.5, 0.6) is 5.88 Å². The largest absolute Gasteiger partial charge is 0.476 e. The minimum Gasteiger partial charge on any atom is -0.476 e. The summed E-state index contributed by atoms with van der Waals surface area (Å²) < 4.78 is 37.6. The molecule has 0 radical (unpaired) electrons. The molecule has 0 atom stereocenters. The number of benzene rings is 1. The van der Waals surface area contributed by atoms with Gasteiger partial charge in [0.05, 0.1) is 17.7 Å². The molecular formula is C19H23N5O4S. The van der Waals surface area contributed by atoms with Crippen LogP contribution in [0.25, 0.3) is 0 Å². The number of hydrogen-bond acceptors (Lipinski definition) is 8. The molecule has 1 aliphatic carbocycles. The number of anilines is 2. The van der Waals surface area contributed by atoms with Gasteiger partial charge in [0.15, 0.2) is 0 Å². The van der Waals surface area contributed by atoms with Crippen LogP contribution in [0.15, 0.2) is 35.4 Å². The van der Waals surface area contributed by atoms with E-state index in [0.717, 1.165) is 12.8 Å². The summed E-state index contributed by atoms with van der Waals surface area (Å²) in [6.07, 6.45) is 4.26. The number of nitrogens with one attached hydrogen (secondary N) is 2. The lowest BCUT2D eigenvalue weighted by atomic mass is 10.3. The van der Waals surface area contributed by atoms with E-state index in [1.807, 2.05) is 6.07 Å². The maximum absolute atomic E-state index is 12.3. The second kappa shape index (κ2) is 9.65. The highest BCUT2D eigenvalue weighted by atomic mass is 32.2. The first-order chi connectivity index (χ1) is 14.0. The molecule has 10 heteroatoms. The quantitative estimate of drug-likeness (QED) is 0.533. The van der Waals surface area contributed by atoms with Gasteiger partial charge in [-0.05, 0) is 49.4 Å². The molecule has 1 aliphatic rings. The van der Waals surface area contributed by atoms with Crippen LogP contribution in [0.2, 0.25) is 0 Å². The topological polar surface area (TPSA) is 126 Å². The summed E-state index contributed by atoms with van der Waals surface area (Å²) in [5, 5.41) is 12.2. The van der Waals surface area contributed by atoms with Gasteiger partial charge in [0.25, 0.3) is 0 Å². The maximum Gasteiger partial charge on any atom is 0.240 e. The molecule has 2 aromatic rings. The van der Waals surface area contributed by atoms with Crippen LogP contribution in [-0.4, -0.2) is 45.3 Å². The third-order valence-electron chi connectivity index (χ3n) is 4.26. The Bertz CT molecular complexity index is 969. The van der Waals surface area contributed by atoms with Crippen LogP contribution >= 0.6 is 0 Å². The number of rotatable bonds is 11. The molecule has 1 heterocycles. The van der Waals surface area contributed by atoms with E-state index >= 15 is 0 Å². The first-order valence-corrected chi connectivity index (χ1v) is 10.8. The minimum atomic E-state index is -3.58. The molecule has 1 saturated carbocycles. The fourth-order valence-corrected chi connectivity index (χ4v) is 3.52. The zero-order chi connectivity index (χ0) is 20.7. The Balaban J connectivity index is 1.64. The van der Waals surface area contributed by atoms with Crippen molar-refractivity contribution in [2.24, 2.45) is 5.92 Å². The summed E-state index contributed by atoms with van der Waals surface area (Å²) in [4.78, 5) is 8.53. The number of nitrogens with zero attached hydrogens (tertiary/aromatic N) is 3. The Morgan fingerprint density at radius 3 is 2.69 bits per heavy atom. The van der Waals surface area contributed by atoms with E-state index in [0.29, 0.717) is 37.8 Å². The monoisotopic (exact) mass is 417 g/mol. The summed E-state index contributed by atoms with van der Waals surface area (Å²) in [5.74, 6) is 1.05. The number of hydrogen-bond donors (Lipinski definition) is 2. The van der Waals surface area contributed by atoms with Gasteiger partial charge in [0.2, 0.25) is 21.9 Å². The van der Waals surface area contributed by atoms with E-state index < -0.39 is 10.0 Å². The van der Waals surface area contributed by atoms with Gasteiger partial charge in [0, 0.05) is 25.9 Å². The summed E-state index contributed by atoms with van der Waals surface area (Å²) in [6.45, 7) is 1.33. The van der Waals surface area contributed by atoms with Crippen LogP contribution in [0.3, 0.4) is 0 Å². The van der Waals surface area contributed by atoms with E-state index in [9.17, 15) is 13.7 Å². The lowest BCUT2D eigenvalue weighted by Crippen LogP contribution is -2.25. The van der Waals surface area contributed by atoms with Gasteiger partial charge in [-0.2, -0.15) is 10.2 Å². The van der Waals surface area contributed by atoms with Crippen molar-refractivity contribution >= 4 is 21.7 Å². The van der Waals surface area contributed by atoms with Crippen molar-refractivity contribution in [3.05, 3.63) is 36.0 Å². The first-order valence-electron chi connectivity index (χ1n) is 9.27. The van der Waals surface area contributed by atoms with E-state index in [2.05, 4.69) is 20.0 Å². The van der Waals surface area contributed by atoms with Crippen LogP contribution < -0.4 is 14.8 Å². The fraction of sp³-hybridized carbons (Fsp3) is 0.421. The van der Waals surface area contributed by atoms with E-state index in [1.54, 1.807) is 19.2 Å². The van der Waals surface area contributed by atoms with Gasteiger partial charge in [-0.25, -0.2) is 18.1 Å². The Morgan fingerprint density at radius 2 is 2.03 bits per heavy atom. The third-order valence-corrected chi connectivity index (χ3v) is 5.74. The molecule has 3 rings (SSSR count). The first kappa shape index (κ1) is 21.0. The lowest BCUT2D eigenvalue weighted by Gasteiger charge is -2.10. The molecule has 1 aromatic carbocycles. The SMILES string of the molecule is COCCCNS(=O)(=O)c1ccc(Nc2ncc(C#N)c(OCC3CC3)n2)cc1. The normalized spacial score (nSPS) is 13.7. The molecule has 0 aliphatic heterocycles. The second-order valence-corrected chi connectivity index (χ2v) is 8.44. The Morgan fingerprint density at radius 1 is 1.28 bits per heavy atom. The standard InChI is InChI=1S/C19H23N5O4S/c1-27-10-2-9-22-29(25,26)17-7-5-16(6-8-17)23-19-21-12-15(11-20)18(24-19)28-13-14-3-4-14/h5-8,12,14,22H,2-4,9-10,13H2,1H3,(H,21,23,24). The minimum absolute atomic E-state index is 0.162. The molecule has 1 aromatic heterocycles. The summed E-state index contributed by atoms with van der Waals surface area (Å²) in [6, 6.07) is 8.25. The van der Waals surface area contributed by atoms with Gasteiger partial charge in [-0.15, -0.1) is 0 Å². The third kappa shape index (κ3) is 6.12. The van der Waals surface area contributed by atoms with E-state index in [4.69, 9.17) is 9.47 Å². The summed E-state index contributed by atoms with van der Waals surface area (Å²) in [5.41, 5.74) is 0.887. The van der Waals surface area contributed by atoms with Crippen LogP contribution in [0.4, 0.5) is 11.6 Å². The van der Waals surface area contributed by atoms with Crippen molar-refractivity contribution in [2.75, 3.05) is 32.2 Å². The van der Waals surface area contributed by atoms with Crippen LogP contribution in [0.1, 0.15) is 24.8 Å². The van der Waals surface area contributed by atoms with Crippen molar-refractivity contribution in [1.82, 2.24) is 14.7 Å². The van der Waals surface area contributed by atoms with Crippen molar-refractivity contribution in [2.45, 2.75) is 24.2 Å². The molecule has 0 bridgehead atoms. The molecule has 0 spiro atoms. The molecule has 29 heavy (non-hydrogen) atoms. The molecule has 154 valence electrons. The van der Waals surface area contributed by atoms with Crippen molar-refractivity contribution < 1.29 is 17.9 Å². The number of aromatic nitrogens is 2. The average Bonchev–Trinajstić information content (AvgIpc) is 3.55. The molecule has 9 nitrogen and oxygen atoms in total. The molecule has 0 amide bonds. The van der Waals surface area contributed by atoms with Gasteiger partial charge >= 0.3 is 0 Å². The lowest BCUT2D eigenvalue weighted by molar-refractivity contribution is 0.196. The zero-order valence-corrected chi connectivity index (χ0v) is 16.9. The second-order valence-electron chi connectivity index (χ2n) is 6.67. The molecule has 0 unspecified atom stereocenters. The van der Waals surface area contributed by atoms with Gasteiger partial charge in [0.1, 0.15) is 11.6 Å². The number of nitriles is 1. The van der Waals surface area contributed by atoms with E-state index in [1.165, 1.54) is 18.3 Å². The highest BCUT2D eigenvalue weighted by molar-refractivity contribution is 7.89. The average molecular weight is 417 g/mol. The van der Waals surface area contributed by atoms with Crippen LogP contribution in [-0.2, 0) is 14.8 Å². The van der Waals surface area contributed by atoms with Crippen molar-refractivity contribution in [3.8, 4) is 11.9 Å². The van der Waals surface area contributed by atoms with Crippen molar-refractivity contribution in [3.63, 3.8) is 0 Å². The number of ether oxygens (including phenoxy) is 2. The summed E-state index contributed by atoms with van der Waals surface area (Å²) in [7, 11) is -2.01. The smallest absolute Gasteiger partial charge is 0.240 e. The van der Waals surface area contributed by atoms with Crippen LogP contribution in [0, 0.1) is 17.2 Å². The summed E-state index contributed by atoms with van der Waals surface area (Å²) >= 11 is 0. The Labute approximate surface area is 170 Å². The predicted octanol–water partition coefficient (Wildman–Crippen LogP) is 2.20. The molecule has 1 fully saturated rings. The van der Waals surface area contributed by atoms with Gasteiger partial charge in [-0.3, -0.25) is 0 Å². The molecule has 0 saturated heterocycles. The maximum atomic E-state index is 12.3. The van der Waals surface area contributed by atoms with Gasteiger partial charge < -0.3 is 14.8 Å². The highest BCUT2D eigenvalue weighted by Gasteiger charge is 2.23. The predicted molar refractivity (Wildman–Crippen MR) is 106 cm³/mol. The zero-order valence-electron chi connectivity index (χ0n) is 16.1. The Hall–Kier alpha value is -2.74. The Kier molecular flexibility index (Phi) is 6.98. The number of sulfonamides is 1. The number of methoxy groups -OCH3 is 1.